The molecule has 1 N–H and O–H groups in total. The second-order valence-electron chi connectivity index (χ2n) is 5.43. The minimum absolute atomic E-state index is 0.0153. The molecule has 1 aliphatic rings. The molecule has 0 amide bonds. The third-order valence-electron chi connectivity index (χ3n) is 3.74. The summed E-state index contributed by atoms with van der Waals surface area (Å²) >= 11 is 0. The van der Waals surface area contributed by atoms with Crippen LogP contribution in [0, 0.1) is 5.82 Å². The third kappa shape index (κ3) is 3.30. The Bertz CT molecular complexity index is 674. The highest BCUT2D eigenvalue weighted by Gasteiger charge is 2.27. The van der Waals surface area contributed by atoms with Gasteiger partial charge in [-0.1, -0.05) is 17.3 Å². The number of likely N-dealkylation sites (tertiary alicyclic amines) is 1. The zero-order chi connectivity index (χ0) is 15.5. The molecule has 1 unspecified atom stereocenters. The van der Waals surface area contributed by atoms with Crippen molar-refractivity contribution in [1.82, 2.24) is 15.0 Å². The molecule has 1 aromatic carbocycles. The van der Waals surface area contributed by atoms with Crippen LogP contribution in [0.3, 0.4) is 0 Å². The van der Waals surface area contributed by atoms with Gasteiger partial charge in [-0.3, -0.25) is 9.69 Å². The second kappa shape index (κ2) is 6.23. The Morgan fingerprint density at radius 1 is 1.50 bits per heavy atom. The summed E-state index contributed by atoms with van der Waals surface area (Å²) in [4.78, 5) is 17.0. The maximum Gasteiger partial charge on any atom is 0.317 e. The quantitative estimate of drug-likeness (QED) is 0.932. The van der Waals surface area contributed by atoms with Crippen molar-refractivity contribution in [3.05, 3.63) is 36.0 Å². The van der Waals surface area contributed by atoms with E-state index in [4.69, 9.17) is 9.63 Å². The first-order chi connectivity index (χ1) is 10.6. The van der Waals surface area contributed by atoms with E-state index in [0.717, 1.165) is 19.4 Å². The van der Waals surface area contributed by atoms with Crippen LogP contribution in [-0.4, -0.2) is 45.8 Å². The summed E-state index contributed by atoms with van der Waals surface area (Å²) in [5, 5.41) is 12.8. The molecule has 116 valence electrons. The van der Waals surface area contributed by atoms with Crippen molar-refractivity contribution < 1.29 is 18.8 Å². The Balaban J connectivity index is 1.74. The number of carboxylic acids is 1. The number of carboxylic acid groups (broad SMARTS) is 1. The Morgan fingerprint density at radius 3 is 3.14 bits per heavy atom. The van der Waals surface area contributed by atoms with Gasteiger partial charge >= 0.3 is 5.97 Å². The van der Waals surface area contributed by atoms with Gasteiger partial charge in [0.1, 0.15) is 5.82 Å². The van der Waals surface area contributed by atoms with Gasteiger partial charge in [0.2, 0.25) is 11.7 Å². The van der Waals surface area contributed by atoms with Gasteiger partial charge in [-0.05, 0) is 31.5 Å². The summed E-state index contributed by atoms with van der Waals surface area (Å²) in [6.07, 6.45) is 1.76. The van der Waals surface area contributed by atoms with Crippen molar-refractivity contribution >= 4 is 5.97 Å². The Kier molecular flexibility index (Phi) is 4.15. The fraction of sp³-hybridized carbons (Fsp3) is 0.400. The molecule has 22 heavy (non-hydrogen) atoms. The summed E-state index contributed by atoms with van der Waals surface area (Å²) in [5.41, 5.74) is 0.563. The second-order valence-corrected chi connectivity index (χ2v) is 5.43. The van der Waals surface area contributed by atoms with Crippen molar-refractivity contribution in [3.63, 3.8) is 0 Å². The lowest BCUT2D eigenvalue weighted by molar-refractivity contribution is -0.138. The molecule has 1 saturated heterocycles. The van der Waals surface area contributed by atoms with E-state index in [1.165, 1.54) is 12.1 Å². The molecule has 0 radical (unpaired) electrons. The fourth-order valence-electron chi connectivity index (χ4n) is 2.74. The molecule has 0 saturated carbocycles. The van der Waals surface area contributed by atoms with Crippen LogP contribution in [0.15, 0.2) is 28.8 Å². The third-order valence-corrected chi connectivity index (χ3v) is 3.74. The van der Waals surface area contributed by atoms with Crippen LogP contribution in [-0.2, 0) is 4.79 Å². The molecule has 1 aliphatic heterocycles. The molecule has 6 nitrogen and oxygen atoms in total. The Hall–Kier alpha value is -2.28. The number of aromatic nitrogens is 2. The van der Waals surface area contributed by atoms with Crippen molar-refractivity contribution in [2.24, 2.45) is 0 Å². The molecule has 3 rings (SSSR count). The predicted molar refractivity (Wildman–Crippen MR) is 75.7 cm³/mol. The maximum atomic E-state index is 13.2. The highest BCUT2D eigenvalue weighted by atomic mass is 19.1. The lowest BCUT2D eigenvalue weighted by Gasteiger charge is -2.29. The van der Waals surface area contributed by atoms with Crippen molar-refractivity contribution in [3.8, 4) is 11.4 Å². The van der Waals surface area contributed by atoms with Crippen molar-refractivity contribution in [1.29, 1.82) is 0 Å². The monoisotopic (exact) mass is 305 g/mol. The summed E-state index contributed by atoms with van der Waals surface area (Å²) in [6, 6.07) is 6.02. The highest BCUT2D eigenvalue weighted by molar-refractivity contribution is 5.69. The standard InChI is InChI=1S/C15H16FN3O3/c16-12-5-1-3-10(7-12)14-17-15(22-18-14)11-4-2-6-19(8-11)9-13(20)21/h1,3,5,7,11H,2,4,6,8-9H2,(H,20,21). The average molecular weight is 305 g/mol. The molecule has 1 fully saturated rings. The normalized spacial score (nSPS) is 19.2. The number of benzene rings is 1. The largest absolute Gasteiger partial charge is 0.480 e. The summed E-state index contributed by atoms with van der Waals surface area (Å²) in [7, 11) is 0. The van der Waals surface area contributed by atoms with Crippen LogP contribution < -0.4 is 0 Å². The number of hydrogen-bond donors (Lipinski definition) is 1. The van der Waals surface area contributed by atoms with E-state index in [1.807, 2.05) is 4.90 Å². The summed E-state index contributed by atoms with van der Waals surface area (Å²) in [6.45, 7) is 1.35. The summed E-state index contributed by atoms with van der Waals surface area (Å²) in [5.74, 6) is -0.345. The van der Waals surface area contributed by atoms with Crippen LogP contribution in [0.25, 0.3) is 11.4 Å². The van der Waals surface area contributed by atoms with Crippen LogP contribution in [0.5, 0.6) is 0 Å². The first-order valence-electron chi connectivity index (χ1n) is 7.15. The molecule has 7 heteroatoms. The molecule has 2 aromatic rings. The zero-order valence-electron chi connectivity index (χ0n) is 11.9. The molecule has 0 aliphatic carbocycles. The van der Waals surface area contributed by atoms with E-state index in [2.05, 4.69) is 10.1 Å². The van der Waals surface area contributed by atoms with Gasteiger partial charge in [0.15, 0.2) is 0 Å². The van der Waals surface area contributed by atoms with Gasteiger partial charge in [0.05, 0.1) is 12.5 Å². The number of aliphatic carboxylic acids is 1. The molecular formula is C15H16FN3O3. The average Bonchev–Trinajstić information content (AvgIpc) is 2.97. The molecule has 0 spiro atoms. The first-order valence-corrected chi connectivity index (χ1v) is 7.15. The number of carbonyl (C=O) groups is 1. The van der Waals surface area contributed by atoms with E-state index in [-0.39, 0.29) is 18.3 Å². The van der Waals surface area contributed by atoms with Crippen molar-refractivity contribution in [2.45, 2.75) is 18.8 Å². The van der Waals surface area contributed by atoms with Gasteiger partial charge in [-0.25, -0.2) is 4.39 Å². The molecule has 2 heterocycles. The molecular weight excluding hydrogens is 289 g/mol. The topological polar surface area (TPSA) is 79.5 Å². The lowest BCUT2D eigenvalue weighted by atomic mass is 9.98. The molecule has 1 aromatic heterocycles. The minimum atomic E-state index is -0.841. The molecule has 1 atom stereocenters. The SMILES string of the molecule is O=C(O)CN1CCCC(c2nc(-c3cccc(F)c3)no2)C1. The fourth-order valence-corrected chi connectivity index (χ4v) is 2.74. The summed E-state index contributed by atoms with van der Waals surface area (Å²) < 4.78 is 18.5. The van der Waals surface area contributed by atoms with E-state index in [9.17, 15) is 9.18 Å². The van der Waals surface area contributed by atoms with Crippen LogP contribution >= 0.6 is 0 Å². The molecule has 0 bridgehead atoms. The van der Waals surface area contributed by atoms with E-state index < -0.39 is 5.97 Å². The zero-order valence-corrected chi connectivity index (χ0v) is 11.9. The van der Waals surface area contributed by atoms with Crippen molar-refractivity contribution in [2.75, 3.05) is 19.6 Å². The van der Waals surface area contributed by atoms with Crippen LogP contribution in [0.4, 0.5) is 4.39 Å². The number of halogens is 1. The van der Waals surface area contributed by atoms with E-state index in [0.29, 0.717) is 23.8 Å². The highest BCUT2D eigenvalue weighted by Crippen LogP contribution is 2.27. The number of piperidine rings is 1. The van der Waals surface area contributed by atoms with Gasteiger partial charge < -0.3 is 9.63 Å². The van der Waals surface area contributed by atoms with Gasteiger partial charge in [-0.2, -0.15) is 4.98 Å². The predicted octanol–water partition coefficient (Wildman–Crippen LogP) is 2.14. The van der Waals surface area contributed by atoms with E-state index >= 15 is 0 Å². The van der Waals surface area contributed by atoms with E-state index in [1.54, 1.807) is 12.1 Å². The number of rotatable bonds is 4. The number of hydrogen-bond acceptors (Lipinski definition) is 5. The maximum absolute atomic E-state index is 13.2. The smallest absolute Gasteiger partial charge is 0.317 e. The lowest BCUT2D eigenvalue weighted by Crippen LogP contribution is -2.38. The van der Waals surface area contributed by atoms with Crippen LogP contribution in [0.2, 0.25) is 0 Å². The van der Waals surface area contributed by atoms with Gasteiger partial charge in [-0.15, -0.1) is 0 Å². The Labute approximate surface area is 126 Å². The van der Waals surface area contributed by atoms with Gasteiger partial charge in [0.25, 0.3) is 0 Å². The van der Waals surface area contributed by atoms with Gasteiger partial charge in [0, 0.05) is 12.1 Å². The Morgan fingerprint density at radius 2 is 2.36 bits per heavy atom. The first kappa shape index (κ1) is 14.6. The minimum Gasteiger partial charge on any atom is -0.480 e. The van der Waals surface area contributed by atoms with Crippen LogP contribution in [0.1, 0.15) is 24.7 Å². The number of nitrogens with zero attached hydrogens (tertiary/aromatic N) is 3.